The number of hydrogen-bond donors (Lipinski definition) is 1. The first-order chi connectivity index (χ1) is 9.33. The molecule has 2 rings (SSSR count). The normalized spacial score (nSPS) is 11.5. The molecule has 0 aliphatic heterocycles. The highest BCUT2D eigenvalue weighted by molar-refractivity contribution is 7.10. The second kappa shape index (κ2) is 8.84. The van der Waals surface area contributed by atoms with E-state index in [0.29, 0.717) is 12.6 Å². The molecule has 0 saturated carbocycles. The van der Waals surface area contributed by atoms with Crippen molar-refractivity contribution in [2.24, 2.45) is 0 Å². The number of thiophene rings is 1. The summed E-state index contributed by atoms with van der Waals surface area (Å²) in [7, 11) is 3.65. The minimum atomic E-state index is 0. The summed E-state index contributed by atoms with van der Waals surface area (Å²) in [4.78, 5) is 1.35. The van der Waals surface area contributed by atoms with Crippen molar-refractivity contribution in [3.05, 3.63) is 46.7 Å². The Morgan fingerprint density at radius 2 is 1.85 bits per heavy atom. The Balaban J connectivity index is 0.00000200. The standard InChI is InChI=1S/C15H19NO2S.ClH/c1-16-14(15-4-3-11-19-15)9-10-18-13-7-5-12(17-2)6-8-13;/h3-8,11,14,16H,9-10H2,1-2H3;1H. The summed E-state index contributed by atoms with van der Waals surface area (Å²) >= 11 is 1.77. The molecule has 0 saturated heterocycles. The molecule has 0 fully saturated rings. The van der Waals surface area contributed by atoms with Gasteiger partial charge < -0.3 is 14.8 Å². The second-order valence-electron chi connectivity index (χ2n) is 4.17. The number of benzene rings is 1. The lowest BCUT2D eigenvalue weighted by molar-refractivity contribution is 0.290. The number of hydrogen-bond acceptors (Lipinski definition) is 4. The van der Waals surface area contributed by atoms with Crippen LogP contribution >= 0.6 is 23.7 Å². The van der Waals surface area contributed by atoms with Gasteiger partial charge in [0.15, 0.2) is 0 Å². The lowest BCUT2D eigenvalue weighted by atomic mass is 10.2. The van der Waals surface area contributed by atoms with Gasteiger partial charge in [0.25, 0.3) is 0 Å². The molecule has 3 nitrogen and oxygen atoms in total. The third-order valence-corrected chi connectivity index (χ3v) is 3.96. The molecule has 0 aliphatic carbocycles. The third kappa shape index (κ3) is 4.71. The maximum Gasteiger partial charge on any atom is 0.119 e. The van der Waals surface area contributed by atoms with Crippen molar-refractivity contribution in [3.63, 3.8) is 0 Å². The second-order valence-corrected chi connectivity index (χ2v) is 5.15. The van der Waals surface area contributed by atoms with Crippen LogP contribution in [0.5, 0.6) is 11.5 Å². The molecule has 0 radical (unpaired) electrons. The van der Waals surface area contributed by atoms with Crippen molar-refractivity contribution in [1.82, 2.24) is 5.32 Å². The summed E-state index contributed by atoms with van der Waals surface area (Å²) in [6, 6.07) is 12.3. The molecular formula is C15H20ClNO2S. The number of ether oxygens (including phenoxy) is 2. The monoisotopic (exact) mass is 313 g/mol. The lowest BCUT2D eigenvalue weighted by Gasteiger charge is -2.15. The minimum absolute atomic E-state index is 0. The van der Waals surface area contributed by atoms with Crippen LogP contribution in [0.15, 0.2) is 41.8 Å². The van der Waals surface area contributed by atoms with Crippen molar-refractivity contribution < 1.29 is 9.47 Å². The number of nitrogens with one attached hydrogen (secondary N) is 1. The van der Waals surface area contributed by atoms with E-state index in [0.717, 1.165) is 17.9 Å². The minimum Gasteiger partial charge on any atom is -0.497 e. The van der Waals surface area contributed by atoms with E-state index in [1.807, 2.05) is 31.3 Å². The molecule has 110 valence electrons. The first-order valence-electron chi connectivity index (χ1n) is 6.31. The molecule has 1 atom stereocenters. The molecule has 0 aliphatic rings. The summed E-state index contributed by atoms with van der Waals surface area (Å²) in [6.07, 6.45) is 0.947. The Kier molecular flexibility index (Phi) is 7.44. The van der Waals surface area contributed by atoms with Gasteiger partial charge in [0, 0.05) is 17.3 Å². The highest BCUT2D eigenvalue weighted by atomic mass is 35.5. The van der Waals surface area contributed by atoms with Crippen LogP contribution in [0.4, 0.5) is 0 Å². The highest BCUT2D eigenvalue weighted by Gasteiger charge is 2.09. The predicted molar refractivity (Wildman–Crippen MR) is 86.5 cm³/mol. The van der Waals surface area contributed by atoms with Crippen LogP contribution in [0, 0.1) is 0 Å². The van der Waals surface area contributed by atoms with Crippen LogP contribution < -0.4 is 14.8 Å². The zero-order valence-electron chi connectivity index (χ0n) is 11.7. The molecule has 1 unspecified atom stereocenters. The smallest absolute Gasteiger partial charge is 0.119 e. The lowest BCUT2D eigenvalue weighted by Crippen LogP contribution is -2.18. The van der Waals surface area contributed by atoms with Gasteiger partial charge >= 0.3 is 0 Å². The van der Waals surface area contributed by atoms with Gasteiger partial charge in [-0.25, -0.2) is 0 Å². The van der Waals surface area contributed by atoms with Crippen LogP contribution in [0.2, 0.25) is 0 Å². The van der Waals surface area contributed by atoms with Crippen molar-refractivity contribution in [2.45, 2.75) is 12.5 Å². The van der Waals surface area contributed by atoms with Crippen LogP contribution in [-0.2, 0) is 0 Å². The zero-order chi connectivity index (χ0) is 13.5. The van der Waals surface area contributed by atoms with Gasteiger partial charge in [-0.2, -0.15) is 0 Å². The molecule has 2 aromatic rings. The van der Waals surface area contributed by atoms with Gasteiger partial charge in [-0.1, -0.05) is 6.07 Å². The molecular weight excluding hydrogens is 294 g/mol. The van der Waals surface area contributed by atoms with Crippen molar-refractivity contribution >= 4 is 23.7 Å². The first kappa shape index (κ1) is 16.8. The molecule has 1 aromatic carbocycles. The summed E-state index contributed by atoms with van der Waals surface area (Å²) in [6.45, 7) is 0.690. The van der Waals surface area contributed by atoms with E-state index < -0.39 is 0 Å². The van der Waals surface area contributed by atoms with Gasteiger partial charge in [0.2, 0.25) is 0 Å². The molecule has 5 heteroatoms. The Morgan fingerprint density at radius 3 is 2.40 bits per heavy atom. The van der Waals surface area contributed by atoms with Crippen molar-refractivity contribution in [1.29, 1.82) is 0 Å². The zero-order valence-corrected chi connectivity index (χ0v) is 13.3. The fraction of sp³-hybridized carbons (Fsp3) is 0.333. The number of halogens is 1. The molecule has 0 bridgehead atoms. The predicted octanol–water partition coefficient (Wildman–Crippen LogP) is 3.91. The van der Waals surface area contributed by atoms with Crippen molar-refractivity contribution in [2.75, 3.05) is 20.8 Å². The maximum atomic E-state index is 5.74. The van der Waals surface area contributed by atoms with Crippen LogP contribution in [0.25, 0.3) is 0 Å². The summed E-state index contributed by atoms with van der Waals surface area (Å²) in [5.74, 6) is 1.72. The topological polar surface area (TPSA) is 30.5 Å². The molecule has 0 spiro atoms. The Hall–Kier alpha value is -1.23. The Morgan fingerprint density at radius 1 is 1.15 bits per heavy atom. The van der Waals surface area contributed by atoms with E-state index >= 15 is 0 Å². The van der Waals surface area contributed by atoms with E-state index in [1.54, 1.807) is 18.4 Å². The summed E-state index contributed by atoms with van der Waals surface area (Å²) in [5, 5.41) is 5.42. The molecule has 1 aromatic heterocycles. The quantitative estimate of drug-likeness (QED) is 0.840. The molecule has 1 heterocycles. The Bertz CT molecular complexity index is 473. The van der Waals surface area contributed by atoms with E-state index in [2.05, 4.69) is 22.8 Å². The van der Waals surface area contributed by atoms with Crippen molar-refractivity contribution in [3.8, 4) is 11.5 Å². The van der Waals surface area contributed by atoms with Gasteiger partial charge in [-0.3, -0.25) is 0 Å². The van der Waals surface area contributed by atoms with Gasteiger partial charge in [0.1, 0.15) is 11.5 Å². The number of rotatable bonds is 7. The summed E-state index contributed by atoms with van der Waals surface area (Å²) < 4.78 is 10.9. The fourth-order valence-corrected chi connectivity index (χ4v) is 2.76. The highest BCUT2D eigenvalue weighted by Crippen LogP contribution is 2.22. The average Bonchev–Trinajstić information content (AvgIpc) is 2.98. The number of methoxy groups -OCH3 is 1. The largest absolute Gasteiger partial charge is 0.497 e. The van der Waals surface area contributed by atoms with E-state index in [9.17, 15) is 0 Å². The molecule has 0 amide bonds. The Labute approximate surface area is 130 Å². The van der Waals surface area contributed by atoms with E-state index in [-0.39, 0.29) is 12.4 Å². The van der Waals surface area contributed by atoms with Crippen LogP contribution in [0.1, 0.15) is 17.3 Å². The van der Waals surface area contributed by atoms with E-state index in [4.69, 9.17) is 9.47 Å². The van der Waals surface area contributed by atoms with Gasteiger partial charge in [-0.05, 0) is 42.8 Å². The summed E-state index contributed by atoms with van der Waals surface area (Å²) in [5.41, 5.74) is 0. The third-order valence-electron chi connectivity index (χ3n) is 2.97. The molecule has 1 N–H and O–H groups in total. The van der Waals surface area contributed by atoms with Gasteiger partial charge in [-0.15, -0.1) is 23.7 Å². The van der Waals surface area contributed by atoms with Crippen LogP contribution in [-0.4, -0.2) is 20.8 Å². The van der Waals surface area contributed by atoms with E-state index in [1.165, 1.54) is 4.88 Å². The fourth-order valence-electron chi connectivity index (χ4n) is 1.88. The maximum absolute atomic E-state index is 5.74. The average molecular weight is 314 g/mol. The molecule has 20 heavy (non-hydrogen) atoms. The SMILES string of the molecule is CNC(CCOc1ccc(OC)cc1)c1cccs1.Cl. The first-order valence-corrected chi connectivity index (χ1v) is 7.19. The van der Waals surface area contributed by atoms with Gasteiger partial charge in [0.05, 0.1) is 13.7 Å². The van der Waals surface area contributed by atoms with Crippen LogP contribution in [0.3, 0.4) is 0 Å².